The van der Waals surface area contributed by atoms with Crippen molar-refractivity contribution in [3.63, 3.8) is 0 Å². The molecule has 1 amide bonds. The highest BCUT2D eigenvalue weighted by atomic mass is 32.2. The van der Waals surface area contributed by atoms with E-state index in [9.17, 15) is 4.79 Å². The molecule has 6 nitrogen and oxygen atoms in total. The van der Waals surface area contributed by atoms with E-state index < -0.39 is 11.2 Å². The topological polar surface area (TPSA) is 95.2 Å². The molecule has 0 saturated heterocycles. The van der Waals surface area contributed by atoms with Crippen LogP contribution in [0.5, 0.6) is 0 Å². The number of primary amides is 1. The zero-order valence-corrected chi connectivity index (χ0v) is 9.23. The molecule has 0 spiro atoms. The monoisotopic (exact) mass is 239 g/mol. The Morgan fingerprint density at radius 3 is 3.00 bits per heavy atom. The molecule has 0 saturated carbocycles. The van der Waals surface area contributed by atoms with Crippen molar-refractivity contribution in [1.29, 1.82) is 0 Å². The Kier molecular flexibility index (Phi) is 2.95. The Labute approximate surface area is 95.2 Å². The van der Waals surface area contributed by atoms with Gasteiger partial charge in [-0.3, -0.25) is 4.79 Å². The maximum atomic E-state index is 10.8. The van der Waals surface area contributed by atoms with Crippen molar-refractivity contribution in [1.82, 2.24) is 10.2 Å². The van der Waals surface area contributed by atoms with Crippen molar-refractivity contribution in [2.24, 2.45) is 5.73 Å². The van der Waals surface area contributed by atoms with Crippen LogP contribution < -0.4 is 5.73 Å². The molecular weight excluding hydrogens is 230 g/mol. The number of furan rings is 1. The fourth-order valence-corrected chi connectivity index (χ4v) is 1.60. The Balaban J connectivity index is 2.11. The van der Waals surface area contributed by atoms with Crippen molar-refractivity contribution >= 4 is 17.7 Å². The number of hydrogen-bond acceptors (Lipinski definition) is 6. The molecule has 2 rings (SSSR count). The van der Waals surface area contributed by atoms with Gasteiger partial charge in [-0.05, 0) is 19.1 Å². The Hall–Kier alpha value is -1.76. The molecule has 84 valence electrons. The third-order valence-corrected chi connectivity index (χ3v) is 2.77. The van der Waals surface area contributed by atoms with Gasteiger partial charge in [0.1, 0.15) is 0 Å². The van der Waals surface area contributed by atoms with E-state index in [2.05, 4.69) is 10.2 Å². The molecular formula is C9H9N3O3S. The van der Waals surface area contributed by atoms with Crippen LogP contribution in [0.15, 0.2) is 32.5 Å². The number of aromatic nitrogens is 2. The van der Waals surface area contributed by atoms with Gasteiger partial charge in [-0.1, -0.05) is 11.8 Å². The highest BCUT2D eigenvalue weighted by Crippen LogP contribution is 2.25. The maximum Gasteiger partial charge on any atom is 0.284 e. The van der Waals surface area contributed by atoms with Gasteiger partial charge in [-0.25, -0.2) is 0 Å². The van der Waals surface area contributed by atoms with Crippen LogP contribution in [0, 0.1) is 0 Å². The summed E-state index contributed by atoms with van der Waals surface area (Å²) in [5, 5.41) is 7.44. The van der Waals surface area contributed by atoms with Gasteiger partial charge in [0.15, 0.2) is 5.76 Å². The van der Waals surface area contributed by atoms with Gasteiger partial charge >= 0.3 is 0 Å². The summed E-state index contributed by atoms with van der Waals surface area (Å²) in [6.07, 6.45) is 1.51. The first-order chi connectivity index (χ1) is 7.66. The standard InChI is InChI=1S/C9H9N3O3S/c1-5(7(10)13)16-9-12-11-8(15-9)6-3-2-4-14-6/h2-5H,1H3,(H2,10,13). The molecule has 0 aliphatic rings. The molecule has 2 N–H and O–H groups in total. The largest absolute Gasteiger partial charge is 0.459 e. The van der Waals surface area contributed by atoms with Gasteiger partial charge in [0.05, 0.1) is 11.5 Å². The molecule has 2 aromatic rings. The van der Waals surface area contributed by atoms with E-state index in [-0.39, 0.29) is 11.1 Å². The second kappa shape index (κ2) is 4.40. The minimum Gasteiger partial charge on any atom is -0.459 e. The summed E-state index contributed by atoms with van der Waals surface area (Å²) in [7, 11) is 0. The van der Waals surface area contributed by atoms with E-state index in [1.165, 1.54) is 6.26 Å². The van der Waals surface area contributed by atoms with E-state index in [1.807, 2.05) is 0 Å². The summed E-state index contributed by atoms with van der Waals surface area (Å²) in [4.78, 5) is 10.8. The van der Waals surface area contributed by atoms with Gasteiger partial charge in [-0.15, -0.1) is 10.2 Å². The summed E-state index contributed by atoms with van der Waals surface area (Å²) in [6, 6.07) is 3.43. The van der Waals surface area contributed by atoms with E-state index in [1.54, 1.807) is 19.1 Å². The lowest BCUT2D eigenvalue weighted by molar-refractivity contribution is -0.117. The molecule has 0 aromatic carbocycles. The summed E-state index contributed by atoms with van der Waals surface area (Å²) < 4.78 is 10.4. The minimum atomic E-state index is -0.428. The lowest BCUT2D eigenvalue weighted by Gasteiger charge is -2.00. The average molecular weight is 239 g/mol. The third-order valence-electron chi connectivity index (χ3n) is 1.82. The molecule has 1 unspecified atom stereocenters. The van der Waals surface area contributed by atoms with E-state index in [0.717, 1.165) is 11.8 Å². The zero-order valence-electron chi connectivity index (χ0n) is 8.41. The van der Waals surface area contributed by atoms with Crippen LogP contribution in [0.4, 0.5) is 0 Å². The van der Waals surface area contributed by atoms with Crippen molar-refractivity contribution < 1.29 is 13.6 Å². The summed E-state index contributed by atoms with van der Waals surface area (Å²) in [5.41, 5.74) is 5.12. The quantitative estimate of drug-likeness (QED) is 0.808. The fraction of sp³-hybridized carbons (Fsp3) is 0.222. The molecule has 16 heavy (non-hydrogen) atoms. The maximum absolute atomic E-state index is 10.8. The van der Waals surface area contributed by atoms with Crippen molar-refractivity contribution in [2.45, 2.75) is 17.4 Å². The molecule has 7 heteroatoms. The fourth-order valence-electron chi connectivity index (χ4n) is 0.967. The summed E-state index contributed by atoms with van der Waals surface area (Å²) >= 11 is 1.11. The molecule has 2 aromatic heterocycles. The molecule has 0 aliphatic heterocycles. The molecule has 0 bridgehead atoms. The second-order valence-electron chi connectivity index (χ2n) is 3.01. The van der Waals surface area contributed by atoms with Gasteiger partial charge in [0, 0.05) is 0 Å². The Morgan fingerprint density at radius 2 is 2.38 bits per heavy atom. The molecule has 0 radical (unpaired) electrons. The van der Waals surface area contributed by atoms with Gasteiger partial charge in [0.25, 0.3) is 11.1 Å². The number of carbonyl (C=O) groups is 1. The number of rotatable bonds is 4. The van der Waals surface area contributed by atoms with Crippen LogP contribution in [0.1, 0.15) is 6.92 Å². The minimum absolute atomic E-state index is 0.282. The molecule has 2 heterocycles. The number of thioether (sulfide) groups is 1. The summed E-state index contributed by atoms with van der Waals surface area (Å²) in [5.74, 6) is 0.345. The molecule has 0 fully saturated rings. The van der Waals surface area contributed by atoms with Gasteiger partial charge < -0.3 is 14.6 Å². The van der Waals surface area contributed by atoms with Crippen LogP contribution >= 0.6 is 11.8 Å². The van der Waals surface area contributed by atoms with Crippen LogP contribution in [-0.4, -0.2) is 21.4 Å². The predicted molar refractivity (Wildman–Crippen MR) is 56.5 cm³/mol. The number of nitrogens with two attached hydrogens (primary N) is 1. The predicted octanol–water partition coefficient (Wildman–Crippen LogP) is 1.30. The number of hydrogen-bond donors (Lipinski definition) is 1. The van der Waals surface area contributed by atoms with Gasteiger partial charge in [-0.2, -0.15) is 0 Å². The Bertz CT molecular complexity index is 480. The lowest BCUT2D eigenvalue weighted by Crippen LogP contribution is -2.22. The lowest BCUT2D eigenvalue weighted by atomic mass is 10.5. The first kappa shape index (κ1) is 10.7. The first-order valence-electron chi connectivity index (χ1n) is 4.50. The highest BCUT2D eigenvalue weighted by Gasteiger charge is 2.16. The van der Waals surface area contributed by atoms with Crippen LogP contribution in [0.3, 0.4) is 0 Å². The summed E-state index contributed by atoms with van der Waals surface area (Å²) in [6.45, 7) is 1.67. The first-order valence-corrected chi connectivity index (χ1v) is 5.38. The molecule has 0 aliphatic carbocycles. The van der Waals surface area contributed by atoms with E-state index in [0.29, 0.717) is 5.76 Å². The van der Waals surface area contributed by atoms with Crippen LogP contribution in [0.2, 0.25) is 0 Å². The second-order valence-corrected chi connectivity index (χ2v) is 4.30. The van der Waals surface area contributed by atoms with E-state index >= 15 is 0 Å². The van der Waals surface area contributed by atoms with Crippen LogP contribution in [0.25, 0.3) is 11.7 Å². The van der Waals surface area contributed by atoms with Crippen molar-refractivity contribution in [3.05, 3.63) is 18.4 Å². The van der Waals surface area contributed by atoms with Crippen molar-refractivity contribution in [2.75, 3.05) is 0 Å². The van der Waals surface area contributed by atoms with Gasteiger partial charge in [0.2, 0.25) is 5.91 Å². The number of nitrogens with zero attached hydrogens (tertiary/aromatic N) is 2. The Morgan fingerprint density at radius 1 is 1.56 bits per heavy atom. The molecule has 1 atom stereocenters. The zero-order chi connectivity index (χ0) is 11.5. The smallest absolute Gasteiger partial charge is 0.284 e. The van der Waals surface area contributed by atoms with Crippen LogP contribution in [-0.2, 0) is 4.79 Å². The van der Waals surface area contributed by atoms with Crippen molar-refractivity contribution in [3.8, 4) is 11.7 Å². The highest BCUT2D eigenvalue weighted by molar-refractivity contribution is 8.00. The number of carbonyl (C=O) groups excluding carboxylic acids is 1. The van der Waals surface area contributed by atoms with E-state index in [4.69, 9.17) is 14.6 Å². The average Bonchev–Trinajstić information content (AvgIpc) is 2.85. The normalized spacial score (nSPS) is 12.6. The SMILES string of the molecule is CC(Sc1nnc(-c2ccco2)o1)C(N)=O. The third kappa shape index (κ3) is 2.25. The number of amides is 1.